The number of aryl methyl sites for hydroxylation is 1. The van der Waals surface area contributed by atoms with Gasteiger partial charge < -0.3 is 14.1 Å². The van der Waals surface area contributed by atoms with E-state index in [1.54, 1.807) is 18.9 Å². The fourth-order valence-corrected chi connectivity index (χ4v) is 2.33. The van der Waals surface area contributed by atoms with Crippen molar-refractivity contribution in [2.24, 2.45) is 0 Å². The largest absolute Gasteiger partial charge is 0.495 e. The van der Waals surface area contributed by atoms with Crippen LogP contribution >= 0.6 is 0 Å². The van der Waals surface area contributed by atoms with Crippen molar-refractivity contribution in [3.05, 3.63) is 29.7 Å². The molecule has 0 radical (unpaired) electrons. The van der Waals surface area contributed by atoms with E-state index in [0.29, 0.717) is 31.2 Å². The molecule has 6 nitrogen and oxygen atoms in total. The summed E-state index contributed by atoms with van der Waals surface area (Å²) in [6.45, 7) is 2.19. The minimum Gasteiger partial charge on any atom is -0.495 e. The van der Waals surface area contributed by atoms with E-state index < -0.39 is 0 Å². The van der Waals surface area contributed by atoms with Crippen LogP contribution in [0.3, 0.4) is 0 Å². The first kappa shape index (κ1) is 12.0. The molecule has 0 saturated carbocycles. The van der Waals surface area contributed by atoms with E-state index in [9.17, 15) is 4.79 Å². The summed E-state index contributed by atoms with van der Waals surface area (Å²) in [5, 5.41) is 7.84. The monoisotopic (exact) mass is 261 g/mol. The van der Waals surface area contributed by atoms with Crippen molar-refractivity contribution in [2.45, 2.75) is 25.8 Å². The first-order chi connectivity index (χ1) is 9.15. The average Bonchev–Trinajstić information content (AvgIpc) is 2.79. The number of likely N-dealkylation sites (N-methyl/N-ethyl adjacent to an activating group) is 1. The van der Waals surface area contributed by atoms with Crippen molar-refractivity contribution in [2.75, 3.05) is 13.7 Å². The first-order valence-corrected chi connectivity index (χ1v) is 6.25. The van der Waals surface area contributed by atoms with Crippen LogP contribution < -0.4 is 0 Å². The average molecular weight is 261 g/mol. The van der Waals surface area contributed by atoms with Gasteiger partial charge >= 0.3 is 0 Å². The number of ether oxygens (including phenoxy) is 1. The molecule has 2 heterocycles. The van der Waals surface area contributed by atoms with Crippen LogP contribution in [0, 0.1) is 6.92 Å². The lowest BCUT2D eigenvalue weighted by Crippen LogP contribution is -2.37. The van der Waals surface area contributed by atoms with Gasteiger partial charge in [-0.3, -0.25) is 4.79 Å². The molecule has 1 fully saturated rings. The highest BCUT2D eigenvalue weighted by atomic mass is 16.5. The van der Waals surface area contributed by atoms with Gasteiger partial charge in [-0.15, -0.1) is 10.2 Å². The van der Waals surface area contributed by atoms with Crippen LogP contribution in [0.15, 0.2) is 22.3 Å². The Morgan fingerprint density at radius 3 is 2.95 bits per heavy atom. The molecule has 100 valence electrons. The zero-order valence-corrected chi connectivity index (χ0v) is 10.9. The number of amides is 1. The summed E-state index contributed by atoms with van der Waals surface area (Å²) in [5.74, 6) is 1.97. The fraction of sp³-hybridized carbons (Fsp3) is 0.462. The molecule has 0 aromatic carbocycles. The van der Waals surface area contributed by atoms with Gasteiger partial charge in [0.15, 0.2) is 0 Å². The summed E-state index contributed by atoms with van der Waals surface area (Å²) in [7, 11) is 1.80. The molecule has 6 heteroatoms. The summed E-state index contributed by atoms with van der Waals surface area (Å²) in [5.41, 5.74) is 0.930. The van der Waals surface area contributed by atoms with Crippen LogP contribution in [0.4, 0.5) is 0 Å². The molecule has 1 aliphatic heterocycles. The molecule has 1 aromatic heterocycles. The molecule has 3 rings (SSSR count). The Morgan fingerprint density at radius 2 is 2.21 bits per heavy atom. The Bertz CT molecular complexity index is 573. The number of rotatable bonds is 1. The second kappa shape index (κ2) is 4.53. The fourth-order valence-electron chi connectivity index (χ4n) is 2.33. The number of carbonyl (C=O) groups excluding carboxylic acids is 1. The molecule has 0 N–H and O–H groups in total. The number of aromatic nitrogens is 2. The van der Waals surface area contributed by atoms with E-state index >= 15 is 0 Å². The van der Waals surface area contributed by atoms with E-state index in [1.807, 2.05) is 12.2 Å². The first-order valence-electron chi connectivity index (χ1n) is 6.25. The quantitative estimate of drug-likeness (QED) is 0.762. The number of hydrogen-bond acceptors (Lipinski definition) is 5. The highest BCUT2D eigenvalue weighted by molar-refractivity contribution is 5.78. The van der Waals surface area contributed by atoms with E-state index in [1.165, 1.54) is 0 Å². The highest BCUT2D eigenvalue weighted by Crippen LogP contribution is 2.31. The molecular weight excluding hydrogens is 246 g/mol. The van der Waals surface area contributed by atoms with Crippen LogP contribution in [-0.2, 0) is 9.53 Å². The normalized spacial score (nSPS) is 23.2. The molecule has 1 unspecified atom stereocenters. The molecule has 1 atom stereocenters. The van der Waals surface area contributed by atoms with Gasteiger partial charge in [-0.25, -0.2) is 0 Å². The van der Waals surface area contributed by atoms with Crippen LogP contribution in [0.5, 0.6) is 0 Å². The van der Waals surface area contributed by atoms with Gasteiger partial charge in [-0.05, 0) is 6.08 Å². The van der Waals surface area contributed by atoms with Crippen molar-refractivity contribution < 1.29 is 13.9 Å². The predicted octanol–water partition coefficient (Wildman–Crippen LogP) is 1.30. The third-order valence-electron chi connectivity index (χ3n) is 3.44. The molecule has 1 amide bonds. The number of fused-ring (bicyclic) bond motifs is 1. The van der Waals surface area contributed by atoms with Crippen LogP contribution in [-0.4, -0.2) is 40.7 Å². The smallest absolute Gasteiger partial charge is 0.243 e. The molecule has 1 aromatic rings. The zero-order chi connectivity index (χ0) is 13.4. The maximum atomic E-state index is 11.9. The van der Waals surface area contributed by atoms with Gasteiger partial charge in [0, 0.05) is 26.0 Å². The van der Waals surface area contributed by atoms with Gasteiger partial charge in [0.05, 0.1) is 19.1 Å². The van der Waals surface area contributed by atoms with Crippen LogP contribution in [0.1, 0.15) is 24.6 Å². The molecule has 19 heavy (non-hydrogen) atoms. The third kappa shape index (κ3) is 2.14. The molecule has 1 saturated heterocycles. The predicted molar refractivity (Wildman–Crippen MR) is 66.8 cm³/mol. The lowest BCUT2D eigenvalue weighted by Gasteiger charge is -2.29. The molecule has 1 aliphatic carbocycles. The topological polar surface area (TPSA) is 68.5 Å². The Kier molecular flexibility index (Phi) is 2.85. The van der Waals surface area contributed by atoms with E-state index in [2.05, 4.69) is 10.2 Å². The van der Waals surface area contributed by atoms with Gasteiger partial charge in [0.25, 0.3) is 0 Å². The molecule has 0 bridgehead atoms. The second-order valence-corrected chi connectivity index (χ2v) is 4.71. The summed E-state index contributed by atoms with van der Waals surface area (Å²) >= 11 is 0. The van der Waals surface area contributed by atoms with E-state index in [4.69, 9.17) is 9.15 Å². The van der Waals surface area contributed by atoms with Crippen molar-refractivity contribution >= 4 is 11.5 Å². The minimum absolute atomic E-state index is 0.0813. The summed E-state index contributed by atoms with van der Waals surface area (Å²) < 4.78 is 11.1. The van der Waals surface area contributed by atoms with E-state index in [0.717, 1.165) is 11.3 Å². The number of hydrogen-bond donors (Lipinski definition) is 0. The number of allylic oxidation sites excluding steroid dienone is 2. The highest BCUT2D eigenvalue weighted by Gasteiger charge is 2.32. The standard InChI is InChI=1S/C13H15N3O3/c1-8-14-15-13(19-8)9-3-4-11-10(7-9)16(2)12(17)5-6-18-11/h3-4,10H,5-7H2,1-2H3. The third-order valence-corrected chi connectivity index (χ3v) is 3.44. The summed E-state index contributed by atoms with van der Waals surface area (Å²) in [6, 6.07) is -0.0813. The lowest BCUT2D eigenvalue weighted by molar-refractivity contribution is -0.130. The SMILES string of the molecule is Cc1nnc(C2=CC=C3OCCC(=O)N(C)C3C2)o1. The van der Waals surface area contributed by atoms with Crippen molar-refractivity contribution in [3.8, 4) is 0 Å². The van der Waals surface area contributed by atoms with Crippen molar-refractivity contribution in [3.63, 3.8) is 0 Å². The minimum atomic E-state index is -0.0813. The molecular formula is C13H15N3O3. The van der Waals surface area contributed by atoms with Crippen molar-refractivity contribution in [1.29, 1.82) is 0 Å². The summed E-state index contributed by atoms with van der Waals surface area (Å²) in [4.78, 5) is 13.6. The van der Waals surface area contributed by atoms with Gasteiger partial charge in [-0.1, -0.05) is 6.08 Å². The van der Waals surface area contributed by atoms with Gasteiger partial charge in [0.2, 0.25) is 17.7 Å². The lowest BCUT2D eigenvalue weighted by atomic mass is 9.97. The summed E-state index contributed by atoms with van der Waals surface area (Å²) in [6.07, 6.45) is 4.86. The van der Waals surface area contributed by atoms with Crippen molar-refractivity contribution in [1.82, 2.24) is 15.1 Å². The Morgan fingerprint density at radius 1 is 1.37 bits per heavy atom. The Hall–Kier alpha value is -2.11. The van der Waals surface area contributed by atoms with Gasteiger partial charge in [0.1, 0.15) is 5.76 Å². The zero-order valence-electron chi connectivity index (χ0n) is 10.9. The Labute approximate surface area is 110 Å². The van der Waals surface area contributed by atoms with Gasteiger partial charge in [-0.2, -0.15) is 0 Å². The van der Waals surface area contributed by atoms with Crippen LogP contribution in [0.25, 0.3) is 5.57 Å². The number of carbonyl (C=O) groups is 1. The van der Waals surface area contributed by atoms with Crippen LogP contribution in [0.2, 0.25) is 0 Å². The number of nitrogens with zero attached hydrogens (tertiary/aromatic N) is 3. The van der Waals surface area contributed by atoms with E-state index in [-0.39, 0.29) is 11.9 Å². The Balaban J connectivity index is 1.91. The molecule has 0 spiro atoms. The second-order valence-electron chi connectivity index (χ2n) is 4.71. The maximum absolute atomic E-state index is 11.9. The maximum Gasteiger partial charge on any atom is 0.243 e. The molecule has 2 aliphatic rings.